The van der Waals surface area contributed by atoms with Gasteiger partial charge in [-0.3, -0.25) is 15.0 Å². The minimum absolute atomic E-state index is 0.227. The van der Waals surface area contributed by atoms with Gasteiger partial charge >= 0.3 is 0 Å². The number of aromatic amines is 1. The lowest BCUT2D eigenvalue weighted by Gasteiger charge is -2.05. The van der Waals surface area contributed by atoms with Gasteiger partial charge < -0.3 is 4.98 Å². The maximum Gasteiger partial charge on any atom is 0.265 e. The quantitative estimate of drug-likeness (QED) is 0.255. The summed E-state index contributed by atoms with van der Waals surface area (Å²) in [5, 5.41) is 0.380. The van der Waals surface area contributed by atoms with Crippen molar-refractivity contribution < 1.29 is 9.18 Å². The number of carbonyl (C=O) groups excluding carboxylic acids is 1. The third kappa shape index (κ3) is 3.43. The van der Waals surface area contributed by atoms with Crippen molar-refractivity contribution in [2.45, 2.75) is 10.9 Å². The van der Waals surface area contributed by atoms with Crippen LogP contribution >= 0.6 is 11.8 Å². The Balaban J connectivity index is 2.16. The number of thioether (sulfide) groups is 1. The van der Waals surface area contributed by atoms with Crippen molar-refractivity contribution in [1.82, 2.24) is 15.4 Å². The summed E-state index contributed by atoms with van der Waals surface area (Å²) in [4.78, 5) is 28.9. The first-order valence-corrected chi connectivity index (χ1v) is 6.56. The van der Waals surface area contributed by atoms with Gasteiger partial charge in [-0.2, -0.15) is 0 Å². The molecule has 6 nitrogen and oxygen atoms in total. The van der Waals surface area contributed by atoms with Crippen molar-refractivity contribution in [2.24, 2.45) is 5.84 Å². The molecule has 0 bridgehead atoms. The Morgan fingerprint density at radius 3 is 2.95 bits per heavy atom. The van der Waals surface area contributed by atoms with E-state index < -0.39 is 11.7 Å². The Labute approximate surface area is 117 Å². The number of benzene rings is 1. The van der Waals surface area contributed by atoms with E-state index in [9.17, 15) is 14.0 Å². The van der Waals surface area contributed by atoms with E-state index in [4.69, 9.17) is 5.84 Å². The highest BCUT2D eigenvalue weighted by atomic mass is 32.2. The number of aromatic nitrogens is 2. The Hall–Kier alpha value is -2.19. The maximum absolute atomic E-state index is 13.7. The van der Waals surface area contributed by atoms with Crippen LogP contribution in [0.15, 0.2) is 40.4 Å². The van der Waals surface area contributed by atoms with Crippen molar-refractivity contribution in [1.29, 1.82) is 0 Å². The van der Waals surface area contributed by atoms with Gasteiger partial charge in [0.05, 0.1) is 0 Å². The molecule has 1 amide bonds. The zero-order valence-electron chi connectivity index (χ0n) is 10.2. The zero-order chi connectivity index (χ0) is 14.5. The van der Waals surface area contributed by atoms with Gasteiger partial charge in [0.25, 0.3) is 11.5 Å². The number of nitrogen functional groups attached to an aromatic ring is 1. The van der Waals surface area contributed by atoms with Crippen LogP contribution in [0.2, 0.25) is 0 Å². The van der Waals surface area contributed by atoms with Crippen molar-refractivity contribution >= 4 is 17.7 Å². The second kappa shape index (κ2) is 6.31. The first-order valence-electron chi connectivity index (χ1n) is 5.57. The fourth-order valence-corrected chi connectivity index (χ4v) is 2.30. The third-order valence-corrected chi connectivity index (χ3v) is 3.39. The van der Waals surface area contributed by atoms with Gasteiger partial charge in [0, 0.05) is 23.6 Å². The minimum Gasteiger partial charge on any atom is -0.301 e. The van der Waals surface area contributed by atoms with Crippen LogP contribution in [0.3, 0.4) is 0 Å². The summed E-state index contributed by atoms with van der Waals surface area (Å²) < 4.78 is 13.7. The molecule has 0 radical (unpaired) electrons. The molecule has 0 atom stereocenters. The van der Waals surface area contributed by atoms with Gasteiger partial charge in [0.2, 0.25) is 0 Å². The normalized spacial score (nSPS) is 10.3. The van der Waals surface area contributed by atoms with Gasteiger partial charge in [-0.25, -0.2) is 15.2 Å². The van der Waals surface area contributed by atoms with Crippen LogP contribution in [-0.2, 0) is 5.75 Å². The number of hydrogen-bond donors (Lipinski definition) is 3. The van der Waals surface area contributed by atoms with Crippen molar-refractivity contribution in [3.8, 4) is 0 Å². The molecule has 1 aromatic heterocycles. The number of halogens is 1. The summed E-state index contributed by atoms with van der Waals surface area (Å²) in [5.41, 5.74) is 2.29. The molecule has 1 heterocycles. The van der Waals surface area contributed by atoms with Crippen LogP contribution in [0.4, 0.5) is 4.39 Å². The molecule has 0 spiro atoms. The van der Waals surface area contributed by atoms with Gasteiger partial charge in [0.1, 0.15) is 5.82 Å². The number of nitrogens with one attached hydrogen (secondary N) is 2. The van der Waals surface area contributed by atoms with E-state index in [2.05, 4.69) is 9.97 Å². The number of hydrogen-bond acceptors (Lipinski definition) is 5. The molecule has 0 unspecified atom stereocenters. The molecule has 2 rings (SSSR count). The average Bonchev–Trinajstić information content (AvgIpc) is 2.45. The number of rotatable bonds is 4. The fourth-order valence-electron chi connectivity index (χ4n) is 1.48. The van der Waals surface area contributed by atoms with Gasteiger partial charge in [-0.05, 0) is 23.8 Å². The molecule has 2 aromatic rings. The predicted molar refractivity (Wildman–Crippen MR) is 72.5 cm³/mol. The zero-order valence-corrected chi connectivity index (χ0v) is 11.0. The highest BCUT2D eigenvalue weighted by molar-refractivity contribution is 7.98. The van der Waals surface area contributed by atoms with Crippen LogP contribution in [0.25, 0.3) is 0 Å². The van der Waals surface area contributed by atoms with E-state index in [0.29, 0.717) is 10.7 Å². The highest BCUT2D eigenvalue weighted by Gasteiger charge is 2.09. The van der Waals surface area contributed by atoms with Crippen LogP contribution in [0, 0.1) is 5.82 Å². The van der Waals surface area contributed by atoms with Gasteiger partial charge in [0.15, 0.2) is 5.16 Å². The van der Waals surface area contributed by atoms with E-state index in [1.165, 1.54) is 30.5 Å². The molecule has 0 saturated heterocycles. The number of H-pyrrole nitrogens is 1. The lowest BCUT2D eigenvalue weighted by molar-refractivity contribution is 0.0953. The average molecular weight is 294 g/mol. The topological polar surface area (TPSA) is 101 Å². The summed E-state index contributed by atoms with van der Waals surface area (Å²) in [6, 6.07) is 5.23. The maximum atomic E-state index is 13.7. The standard InChI is InChI=1S/C12H11FN4O2S/c13-9-2-1-7(11(19)17-14)5-8(9)6-20-12-15-4-3-10(18)16-12/h1-5H,6,14H2,(H,17,19)(H,15,16,18). The number of nitrogens with zero attached hydrogens (tertiary/aromatic N) is 1. The van der Waals surface area contributed by atoms with Crippen molar-refractivity contribution in [2.75, 3.05) is 0 Å². The summed E-state index contributed by atoms with van der Waals surface area (Å²) >= 11 is 1.16. The van der Waals surface area contributed by atoms with Crippen LogP contribution in [0.1, 0.15) is 15.9 Å². The van der Waals surface area contributed by atoms with E-state index in [1.54, 1.807) is 0 Å². The second-order valence-corrected chi connectivity index (χ2v) is 4.77. The first kappa shape index (κ1) is 14.2. The fraction of sp³-hybridized carbons (Fsp3) is 0.0833. The Kier molecular flexibility index (Phi) is 4.49. The molecule has 0 fully saturated rings. The van der Waals surface area contributed by atoms with E-state index in [0.717, 1.165) is 11.8 Å². The monoisotopic (exact) mass is 294 g/mol. The molecule has 20 heavy (non-hydrogen) atoms. The molecule has 0 aliphatic rings. The lowest BCUT2D eigenvalue weighted by atomic mass is 10.1. The number of amides is 1. The largest absolute Gasteiger partial charge is 0.301 e. The number of hydrazine groups is 1. The number of nitrogens with two attached hydrogens (primary N) is 1. The summed E-state index contributed by atoms with van der Waals surface area (Å²) in [5.74, 6) is 4.31. The summed E-state index contributed by atoms with van der Waals surface area (Å²) in [7, 11) is 0. The molecule has 0 aliphatic heterocycles. The predicted octanol–water partition coefficient (Wildman–Crippen LogP) is 0.805. The van der Waals surface area contributed by atoms with Crippen LogP contribution in [0.5, 0.6) is 0 Å². The molecule has 8 heteroatoms. The van der Waals surface area contributed by atoms with Crippen LogP contribution in [-0.4, -0.2) is 15.9 Å². The van der Waals surface area contributed by atoms with E-state index in [-0.39, 0.29) is 16.9 Å². The molecule has 0 aliphatic carbocycles. The summed E-state index contributed by atoms with van der Waals surface area (Å²) in [6.07, 6.45) is 1.37. The smallest absolute Gasteiger partial charge is 0.265 e. The van der Waals surface area contributed by atoms with Gasteiger partial charge in [-0.15, -0.1) is 0 Å². The van der Waals surface area contributed by atoms with Crippen molar-refractivity contribution in [3.63, 3.8) is 0 Å². The first-order chi connectivity index (χ1) is 9.60. The summed E-state index contributed by atoms with van der Waals surface area (Å²) in [6.45, 7) is 0. The lowest BCUT2D eigenvalue weighted by Crippen LogP contribution is -2.30. The Bertz CT molecular complexity index is 689. The van der Waals surface area contributed by atoms with Crippen molar-refractivity contribution in [3.05, 3.63) is 57.8 Å². The molecular formula is C12H11FN4O2S. The molecule has 4 N–H and O–H groups in total. The minimum atomic E-state index is -0.498. The number of carbonyl (C=O) groups is 1. The van der Waals surface area contributed by atoms with E-state index in [1.807, 2.05) is 5.43 Å². The molecule has 0 saturated carbocycles. The third-order valence-electron chi connectivity index (χ3n) is 2.45. The Morgan fingerprint density at radius 1 is 1.45 bits per heavy atom. The second-order valence-electron chi connectivity index (χ2n) is 3.81. The Morgan fingerprint density at radius 2 is 2.25 bits per heavy atom. The van der Waals surface area contributed by atoms with Crippen LogP contribution < -0.4 is 16.8 Å². The molecule has 104 valence electrons. The van der Waals surface area contributed by atoms with Gasteiger partial charge in [-0.1, -0.05) is 11.8 Å². The van der Waals surface area contributed by atoms with E-state index >= 15 is 0 Å². The highest BCUT2D eigenvalue weighted by Crippen LogP contribution is 2.21. The molecule has 1 aromatic carbocycles. The SMILES string of the molecule is NNC(=O)c1ccc(F)c(CSc2nccc(=O)[nH]2)c1. The molecular weight excluding hydrogens is 283 g/mol.